The first-order valence-corrected chi connectivity index (χ1v) is 9.67. The maximum Gasteiger partial charge on any atom is 0.236 e. The second-order valence-corrected chi connectivity index (χ2v) is 8.07. The van der Waals surface area contributed by atoms with Crippen LogP contribution in [0.5, 0.6) is 5.75 Å². The highest BCUT2D eigenvalue weighted by Gasteiger charge is 2.27. The zero-order valence-electron chi connectivity index (χ0n) is 16.6. The van der Waals surface area contributed by atoms with Gasteiger partial charge in [-0.15, -0.1) is 10.2 Å². The normalized spacial score (nSPS) is 12.5. The maximum atomic E-state index is 12.8. The van der Waals surface area contributed by atoms with Crippen molar-refractivity contribution in [2.24, 2.45) is 7.05 Å². The Labute approximate surface area is 159 Å². The van der Waals surface area contributed by atoms with E-state index in [-0.39, 0.29) is 23.2 Å². The first kappa shape index (κ1) is 20.3. The van der Waals surface area contributed by atoms with Gasteiger partial charge in [0.25, 0.3) is 0 Å². The summed E-state index contributed by atoms with van der Waals surface area (Å²) in [5.74, 6) is 1.57. The summed E-state index contributed by atoms with van der Waals surface area (Å²) >= 11 is 1.43. The van der Waals surface area contributed by atoms with Crippen molar-refractivity contribution in [3.8, 4) is 17.1 Å². The number of rotatable bonds is 7. The van der Waals surface area contributed by atoms with Gasteiger partial charge in [0.2, 0.25) is 5.91 Å². The Morgan fingerprint density at radius 1 is 1.12 bits per heavy atom. The van der Waals surface area contributed by atoms with Crippen LogP contribution in [0.3, 0.4) is 0 Å². The van der Waals surface area contributed by atoms with E-state index in [0.717, 1.165) is 11.3 Å². The molecule has 1 aromatic carbocycles. The molecule has 0 bridgehead atoms. The van der Waals surface area contributed by atoms with Crippen LogP contribution in [0.2, 0.25) is 0 Å². The Kier molecular flexibility index (Phi) is 6.69. The van der Waals surface area contributed by atoms with Crippen LogP contribution in [0.1, 0.15) is 34.6 Å². The zero-order chi connectivity index (χ0) is 19.4. The van der Waals surface area contributed by atoms with Gasteiger partial charge < -0.3 is 14.2 Å². The van der Waals surface area contributed by atoms with Crippen molar-refractivity contribution in [1.29, 1.82) is 0 Å². The maximum absolute atomic E-state index is 12.8. The van der Waals surface area contributed by atoms with Gasteiger partial charge in [-0.2, -0.15) is 0 Å². The molecule has 0 aliphatic heterocycles. The lowest BCUT2D eigenvalue weighted by Gasteiger charge is -2.32. The molecule has 0 N–H and O–H groups in total. The highest BCUT2D eigenvalue weighted by Crippen LogP contribution is 2.31. The SMILES string of the molecule is COc1ccccc1-c1nnc(S[C@@H](C)C(=O)N(C(C)C)C(C)C)n1C. The van der Waals surface area contributed by atoms with E-state index in [9.17, 15) is 4.79 Å². The highest BCUT2D eigenvalue weighted by molar-refractivity contribution is 8.00. The van der Waals surface area contributed by atoms with Crippen LogP contribution in [0.25, 0.3) is 11.4 Å². The fourth-order valence-corrected chi connectivity index (χ4v) is 3.88. The van der Waals surface area contributed by atoms with E-state index in [1.54, 1.807) is 7.11 Å². The first-order chi connectivity index (χ1) is 12.3. The number of benzene rings is 1. The molecule has 0 spiro atoms. The molecule has 1 atom stereocenters. The third-order valence-electron chi connectivity index (χ3n) is 4.18. The number of hydrogen-bond acceptors (Lipinski definition) is 5. The summed E-state index contributed by atoms with van der Waals surface area (Å²) in [5.41, 5.74) is 0.877. The van der Waals surface area contributed by atoms with Crippen LogP contribution in [0.15, 0.2) is 29.4 Å². The lowest BCUT2D eigenvalue weighted by molar-refractivity contribution is -0.133. The molecular weight excluding hydrogens is 348 g/mol. The summed E-state index contributed by atoms with van der Waals surface area (Å²) in [6, 6.07) is 8.02. The number of ether oxygens (including phenoxy) is 1. The monoisotopic (exact) mass is 376 g/mol. The molecule has 7 heteroatoms. The molecule has 0 unspecified atom stereocenters. The number of hydrogen-bond donors (Lipinski definition) is 0. The molecule has 142 valence electrons. The topological polar surface area (TPSA) is 60.3 Å². The molecular formula is C19H28N4O2S. The second kappa shape index (κ2) is 8.58. The molecule has 2 rings (SSSR count). The predicted molar refractivity (Wildman–Crippen MR) is 105 cm³/mol. The number of methoxy groups -OCH3 is 1. The van der Waals surface area contributed by atoms with Crippen molar-refractivity contribution in [3.05, 3.63) is 24.3 Å². The van der Waals surface area contributed by atoms with Gasteiger partial charge in [0, 0.05) is 19.1 Å². The number of carbonyl (C=O) groups excluding carboxylic acids is 1. The van der Waals surface area contributed by atoms with Gasteiger partial charge in [-0.3, -0.25) is 4.79 Å². The summed E-state index contributed by atoms with van der Waals surface area (Å²) in [6.07, 6.45) is 0. The predicted octanol–water partition coefficient (Wildman–Crippen LogP) is 3.62. The van der Waals surface area contributed by atoms with Gasteiger partial charge in [-0.05, 0) is 46.8 Å². The number of para-hydroxylation sites is 1. The molecule has 0 aliphatic carbocycles. The third-order valence-corrected chi connectivity index (χ3v) is 5.30. The first-order valence-electron chi connectivity index (χ1n) is 8.79. The number of carbonyl (C=O) groups is 1. The Morgan fingerprint density at radius 3 is 2.31 bits per heavy atom. The van der Waals surface area contributed by atoms with E-state index < -0.39 is 0 Å². The molecule has 0 saturated heterocycles. The highest BCUT2D eigenvalue weighted by atomic mass is 32.2. The zero-order valence-corrected chi connectivity index (χ0v) is 17.4. The quantitative estimate of drug-likeness (QED) is 0.691. The third kappa shape index (κ3) is 4.20. The van der Waals surface area contributed by atoms with Gasteiger partial charge in [0.1, 0.15) is 5.75 Å². The fraction of sp³-hybridized carbons (Fsp3) is 0.526. The molecule has 1 amide bonds. The average Bonchev–Trinajstić information content (AvgIpc) is 2.94. The summed E-state index contributed by atoms with van der Waals surface area (Å²) in [4.78, 5) is 14.8. The van der Waals surface area contributed by atoms with E-state index in [1.165, 1.54) is 11.8 Å². The molecule has 6 nitrogen and oxygen atoms in total. The summed E-state index contributed by atoms with van der Waals surface area (Å²) in [6.45, 7) is 10.1. The molecule has 1 heterocycles. The van der Waals surface area contributed by atoms with Gasteiger partial charge in [-0.1, -0.05) is 23.9 Å². The fourth-order valence-electron chi connectivity index (χ4n) is 3.01. The van der Waals surface area contributed by atoms with Gasteiger partial charge in [0.15, 0.2) is 11.0 Å². The summed E-state index contributed by atoms with van der Waals surface area (Å²) in [5, 5.41) is 9.06. The van der Waals surface area contributed by atoms with Crippen molar-refractivity contribution in [1.82, 2.24) is 19.7 Å². The Balaban J connectivity index is 2.24. The Hall–Kier alpha value is -2.02. The second-order valence-electron chi connectivity index (χ2n) is 6.76. The average molecular weight is 377 g/mol. The van der Waals surface area contributed by atoms with Crippen LogP contribution in [0, 0.1) is 0 Å². The number of aromatic nitrogens is 3. The number of thioether (sulfide) groups is 1. The van der Waals surface area contributed by atoms with Crippen LogP contribution < -0.4 is 4.74 Å². The van der Waals surface area contributed by atoms with Crippen LogP contribution in [0.4, 0.5) is 0 Å². The molecule has 0 fully saturated rings. The van der Waals surface area contributed by atoms with Gasteiger partial charge in [0.05, 0.1) is 17.9 Å². The van der Waals surface area contributed by atoms with Crippen molar-refractivity contribution >= 4 is 17.7 Å². The van der Waals surface area contributed by atoms with Crippen molar-refractivity contribution in [3.63, 3.8) is 0 Å². The van der Waals surface area contributed by atoms with Crippen molar-refractivity contribution in [2.45, 2.75) is 57.1 Å². The molecule has 2 aromatic rings. The van der Waals surface area contributed by atoms with Crippen LogP contribution in [-0.4, -0.2) is 50.0 Å². The summed E-state index contributed by atoms with van der Waals surface area (Å²) in [7, 11) is 3.54. The number of nitrogens with zero attached hydrogens (tertiary/aromatic N) is 4. The Bertz CT molecular complexity index is 750. The smallest absolute Gasteiger partial charge is 0.236 e. The van der Waals surface area contributed by atoms with Crippen molar-refractivity contribution < 1.29 is 9.53 Å². The minimum atomic E-state index is -0.242. The Morgan fingerprint density at radius 2 is 1.73 bits per heavy atom. The standard InChI is InChI=1S/C19H28N4O2S/c1-12(2)23(13(3)4)18(24)14(5)26-19-21-20-17(22(19)6)15-10-8-9-11-16(15)25-7/h8-14H,1-7H3/t14-/m0/s1. The lowest BCUT2D eigenvalue weighted by Crippen LogP contribution is -2.45. The largest absolute Gasteiger partial charge is 0.496 e. The van der Waals surface area contributed by atoms with E-state index in [2.05, 4.69) is 10.2 Å². The van der Waals surface area contributed by atoms with E-state index in [4.69, 9.17) is 4.74 Å². The van der Waals surface area contributed by atoms with Gasteiger partial charge in [-0.25, -0.2) is 0 Å². The lowest BCUT2D eigenvalue weighted by atomic mass is 10.2. The molecule has 0 radical (unpaired) electrons. The number of amides is 1. The van der Waals surface area contributed by atoms with E-state index >= 15 is 0 Å². The van der Waals surface area contributed by atoms with Crippen LogP contribution in [-0.2, 0) is 11.8 Å². The summed E-state index contributed by atoms with van der Waals surface area (Å²) < 4.78 is 7.32. The molecule has 0 aliphatic rings. The molecule has 0 saturated carbocycles. The van der Waals surface area contributed by atoms with Crippen molar-refractivity contribution in [2.75, 3.05) is 7.11 Å². The van der Waals surface area contributed by atoms with Crippen LogP contribution >= 0.6 is 11.8 Å². The van der Waals surface area contributed by atoms with E-state index in [0.29, 0.717) is 11.0 Å². The molecule has 1 aromatic heterocycles. The minimum Gasteiger partial charge on any atom is -0.496 e. The van der Waals surface area contributed by atoms with Gasteiger partial charge >= 0.3 is 0 Å². The minimum absolute atomic E-state index is 0.113. The molecule has 26 heavy (non-hydrogen) atoms. The van der Waals surface area contributed by atoms with E-state index in [1.807, 2.05) is 75.4 Å².